The molecule has 0 aliphatic carbocycles. The minimum absolute atomic E-state index is 0.279. The van der Waals surface area contributed by atoms with Gasteiger partial charge in [-0.1, -0.05) is 30.3 Å². The van der Waals surface area contributed by atoms with Crippen molar-refractivity contribution in [3.63, 3.8) is 0 Å². The van der Waals surface area contributed by atoms with E-state index in [-0.39, 0.29) is 5.92 Å². The summed E-state index contributed by atoms with van der Waals surface area (Å²) in [6.07, 6.45) is 1.24. The van der Waals surface area contributed by atoms with E-state index >= 15 is 0 Å². The van der Waals surface area contributed by atoms with E-state index in [9.17, 15) is 13.2 Å². The van der Waals surface area contributed by atoms with Gasteiger partial charge in [0.15, 0.2) is 0 Å². The predicted molar refractivity (Wildman–Crippen MR) is 121 cm³/mol. The Balaban J connectivity index is 1.31. The van der Waals surface area contributed by atoms with Gasteiger partial charge in [0.1, 0.15) is 11.5 Å². The summed E-state index contributed by atoms with van der Waals surface area (Å²) in [6, 6.07) is 17.0. The Kier molecular flexibility index (Phi) is 7.10. The number of rotatable bonds is 8. The summed E-state index contributed by atoms with van der Waals surface area (Å²) >= 11 is 0. The first kappa shape index (κ1) is 22.7. The highest BCUT2D eigenvalue weighted by atomic mass is 32.2. The molecule has 2 aromatic rings. The average Bonchev–Trinajstić information content (AvgIpc) is 3.06. The van der Waals surface area contributed by atoms with Crippen LogP contribution in [-0.4, -0.2) is 72.3 Å². The molecule has 4 rings (SSSR count). The smallest absolute Gasteiger partial charge is 0.306 e. The molecule has 0 aromatic heterocycles. The van der Waals surface area contributed by atoms with E-state index in [0.717, 1.165) is 11.3 Å². The maximum Gasteiger partial charge on any atom is 0.306 e. The highest BCUT2D eigenvalue weighted by Gasteiger charge is 2.36. The molecule has 2 heterocycles. The summed E-state index contributed by atoms with van der Waals surface area (Å²) in [7, 11) is -3.52. The molecule has 0 saturated carbocycles. The number of ether oxygens (including phenoxy) is 1. The number of hydrogen-bond acceptors (Lipinski definition) is 5. The molecular formula is C23H29N3O5S. The molecule has 2 aromatic carbocycles. The van der Waals surface area contributed by atoms with Gasteiger partial charge in [-0.25, -0.2) is 0 Å². The number of carboxylic acids is 1. The molecule has 0 radical (unpaired) electrons. The molecule has 2 saturated heterocycles. The predicted octanol–water partition coefficient (Wildman–Crippen LogP) is 2.64. The van der Waals surface area contributed by atoms with Crippen LogP contribution in [0.25, 0.3) is 0 Å². The molecule has 1 N–H and O–H groups in total. The third-order valence-corrected chi connectivity index (χ3v) is 8.07. The van der Waals surface area contributed by atoms with E-state index in [1.807, 2.05) is 54.6 Å². The van der Waals surface area contributed by atoms with Gasteiger partial charge in [0.2, 0.25) is 0 Å². The highest BCUT2D eigenvalue weighted by molar-refractivity contribution is 7.87. The number of hydrogen-bond donors (Lipinski definition) is 1. The van der Waals surface area contributed by atoms with Gasteiger partial charge < -0.3 is 14.7 Å². The second kappa shape index (κ2) is 9.99. The van der Waals surface area contributed by atoms with Crippen LogP contribution in [0.5, 0.6) is 11.5 Å². The lowest BCUT2D eigenvalue weighted by atomic mass is 9.97. The van der Waals surface area contributed by atoms with Crippen LogP contribution in [0, 0.1) is 5.92 Å². The van der Waals surface area contributed by atoms with Crippen molar-refractivity contribution >= 4 is 16.2 Å². The number of carbonyl (C=O) groups is 1. The van der Waals surface area contributed by atoms with Crippen LogP contribution in [0.15, 0.2) is 54.6 Å². The van der Waals surface area contributed by atoms with E-state index < -0.39 is 16.2 Å². The van der Waals surface area contributed by atoms with Gasteiger partial charge in [-0.15, -0.1) is 0 Å². The van der Waals surface area contributed by atoms with Crippen molar-refractivity contribution in [3.05, 3.63) is 60.2 Å². The molecule has 2 aliphatic rings. The maximum absolute atomic E-state index is 13.0. The van der Waals surface area contributed by atoms with Gasteiger partial charge in [0.05, 0.1) is 5.92 Å². The molecule has 9 heteroatoms. The third-order valence-electron chi connectivity index (χ3n) is 6.09. The zero-order chi connectivity index (χ0) is 22.6. The van der Waals surface area contributed by atoms with Crippen LogP contribution < -0.4 is 4.74 Å². The number of piperidine rings is 1. The molecule has 2 fully saturated rings. The van der Waals surface area contributed by atoms with Crippen molar-refractivity contribution in [1.82, 2.24) is 13.5 Å². The molecule has 8 nitrogen and oxygen atoms in total. The van der Waals surface area contributed by atoms with Gasteiger partial charge in [-0.05, 0) is 55.8 Å². The second-order valence-electron chi connectivity index (χ2n) is 8.26. The minimum atomic E-state index is -3.52. The van der Waals surface area contributed by atoms with Crippen LogP contribution in [-0.2, 0) is 21.5 Å². The molecule has 0 spiro atoms. The fourth-order valence-corrected chi connectivity index (χ4v) is 5.77. The lowest BCUT2D eigenvalue weighted by Gasteiger charge is -2.31. The summed E-state index contributed by atoms with van der Waals surface area (Å²) in [6.45, 7) is 3.66. The summed E-state index contributed by atoms with van der Waals surface area (Å²) < 4.78 is 34.9. The normalized spacial score (nSPS) is 20.4. The van der Waals surface area contributed by atoms with Crippen LogP contribution in [0.4, 0.5) is 0 Å². The summed E-state index contributed by atoms with van der Waals surface area (Å²) in [5.74, 6) is 0.392. The van der Waals surface area contributed by atoms with Crippen LogP contribution in [0.3, 0.4) is 0 Å². The van der Waals surface area contributed by atoms with Crippen molar-refractivity contribution in [2.45, 2.75) is 19.4 Å². The van der Waals surface area contributed by atoms with Crippen molar-refractivity contribution in [2.24, 2.45) is 5.92 Å². The topological polar surface area (TPSA) is 90.4 Å². The molecule has 2 aliphatic heterocycles. The van der Waals surface area contributed by atoms with Crippen molar-refractivity contribution in [2.75, 3.05) is 39.3 Å². The number of nitrogens with zero attached hydrogens (tertiary/aromatic N) is 3. The molecule has 0 atom stereocenters. The van der Waals surface area contributed by atoms with E-state index in [0.29, 0.717) is 64.4 Å². The Morgan fingerprint density at radius 3 is 2.31 bits per heavy atom. The lowest BCUT2D eigenvalue weighted by Crippen LogP contribution is -2.42. The first-order valence-corrected chi connectivity index (χ1v) is 12.3. The summed E-state index contributed by atoms with van der Waals surface area (Å²) in [4.78, 5) is 13.2. The Morgan fingerprint density at radius 2 is 1.59 bits per heavy atom. The third kappa shape index (κ3) is 5.47. The first-order valence-electron chi connectivity index (χ1n) is 10.9. The highest BCUT2D eigenvalue weighted by Crippen LogP contribution is 2.25. The molecule has 32 heavy (non-hydrogen) atoms. The first-order chi connectivity index (χ1) is 15.4. The Labute approximate surface area is 189 Å². The zero-order valence-corrected chi connectivity index (χ0v) is 18.8. The maximum atomic E-state index is 13.0. The van der Waals surface area contributed by atoms with Crippen molar-refractivity contribution in [1.29, 1.82) is 0 Å². The SMILES string of the molecule is O=C(O)C1CCN(CCN2CCN(Cc3cccc(Oc4ccccc4)c3)S2(=O)=O)CC1. The fraction of sp³-hybridized carbons (Fsp3) is 0.435. The van der Waals surface area contributed by atoms with E-state index in [1.54, 1.807) is 0 Å². The van der Waals surface area contributed by atoms with E-state index in [1.165, 1.54) is 8.61 Å². The standard InChI is InChI=1S/C23H29N3O5S/c27-23(28)20-9-11-24(12-10-20)13-14-25-15-16-26(32(25,29)30)18-19-5-4-8-22(17-19)31-21-6-2-1-3-7-21/h1-8,17,20H,9-16,18H2,(H,27,28). The van der Waals surface area contributed by atoms with Crippen molar-refractivity contribution < 1.29 is 23.1 Å². The quantitative estimate of drug-likeness (QED) is 0.653. The van der Waals surface area contributed by atoms with Gasteiger partial charge in [0, 0.05) is 32.7 Å². The van der Waals surface area contributed by atoms with Gasteiger partial charge in [-0.3, -0.25) is 4.79 Å². The molecule has 172 valence electrons. The summed E-state index contributed by atoms with van der Waals surface area (Å²) in [5.41, 5.74) is 0.875. The Bertz CT molecular complexity index is 1020. The van der Waals surface area contributed by atoms with E-state index in [2.05, 4.69) is 4.90 Å². The average molecular weight is 460 g/mol. The number of para-hydroxylation sites is 1. The lowest BCUT2D eigenvalue weighted by molar-refractivity contribution is -0.143. The Hall–Kier alpha value is -2.46. The Morgan fingerprint density at radius 1 is 0.906 bits per heavy atom. The fourth-order valence-electron chi connectivity index (χ4n) is 4.20. The second-order valence-corrected chi connectivity index (χ2v) is 10.2. The number of likely N-dealkylation sites (tertiary alicyclic amines) is 1. The van der Waals surface area contributed by atoms with Gasteiger partial charge in [0.25, 0.3) is 10.2 Å². The monoisotopic (exact) mass is 459 g/mol. The van der Waals surface area contributed by atoms with Crippen LogP contribution in [0.2, 0.25) is 0 Å². The minimum Gasteiger partial charge on any atom is -0.481 e. The van der Waals surface area contributed by atoms with Gasteiger partial charge in [-0.2, -0.15) is 17.0 Å². The number of aliphatic carboxylic acids is 1. The number of benzene rings is 2. The molecule has 0 bridgehead atoms. The molecule has 0 amide bonds. The van der Waals surface area contributed by atoms with Crippen LogP contribution in [0.1, 0.15) is 18.4 Å². The zero-order valence-electron chi connectivity index (χ0n) is 18.0. The van der Waals surface area contributed by atoms with Crippen LogP contribution >= 0.6 is 0 Å². The summed E-state index contributed by atoms with van der Waals surface area (Å²) in [5, 5.41) is 9.12. The van der Waals surface area contributed by atoms with E-state index in [4.69, 9.17) is 9.84 Å². The number of carboxylic acid groups (broad SMARTS) is 1. The largest absolute Gasteiger partial charge is 0.481 e. The molecular weight excluding hydrogens is 430 g/mol. The molecule has 0 unspecified atom stereocenters. The van der Waals surface area contributed by atoms with Gasteiger partial charge >= 0.3 is 5.97 Å². The van der Waals surface area contributed by atoms with Crippen molar-refractivity contribution in [3.8, 4) is 11.5 Å².